The summed E-state index contributed by atoms with van der Waals surface area (Å²) >= 11 is 1.27. The molecule has 6 heteroatoms. The van der Waals surface area contributed by atoms with Gasteiger partial charge in [-0.3, -0.25) is 4.79 Å². The minimum atomic E-state index is -0.307. The van der Waals surface area contributed by atoms with E-state index in [0.29, 0.717) is 16.7 Å². The lowest BCUT2D eigenvalue weighted by molar-refractivity contribution is 0.0993. The highest BCUT2D eigenvalue weighted by Gasteiger charge is 2.20. The Bertz CT molecular complexity index is 1020. The highest BCUT2D eigenvalue weighted by atomic mass is 32.2. The highest BCUT2D eigenvalue weighted by molar-refractivity contribution is 8.00. The number of rotatable bonds is 5. The standard InChI is InChI=1S/C19H15N3O2S/c1-12(17(23)13-7-3-2-4-8-13)25-19-22-21-18(24-19)15-11-20-16-10-6-5-9-14(15)16/h2-12,20H,1H3/t12-/m1/s1. The number of carbonyl (C=O) groups is 1. The van der Waals surface area contributed by atoms with E-state index in [2.05, 4.69) is 15.2 Å². The molecule has 0 radical (unpaired) electrons. The van der Waals surface area contributed by atoms with E-state index in [9.17, 15) is 4.79 Å². The van der Waals surface area contributed by atoms with Gasteiger partial charge in [-0.25, -0.2) is 0 Å². The Hall–Kier alpha value is -2.86. The molecular weight excluding hydrogens is 334 g/mol. The van der Waals surface area contributed by atoms with Crippen molar-refractivity contribution >= 4 is 28.4 Å². The number of hydrogen-bond acceptors (Lipinski definition) is 5. The molecule has 5 nitrogen and oxygen atoms in total. The Morgan fingerprint density at radius 1 is 1.08 bits per heavy atom. The van der Waals surface area contributed by atoms with E-state index in [0.717, 1.165) is 16.5 Å². The molecule has 0 bridgehead atoms. The summed E-state index contributed by atoms with van der Waals surface area (Å²) in [6.07, 6.45) is 1.85. The lowest BCUT2D eigenvalue weighted by atomic mass is 10.1. The van der Waals surface area contributed by atoms with Crippen molar-refractivity contribution in [2.24, 2.45) is 0 Å². The van der Waals surface area contributed by atoms with Crippen LogP contribution in [-0.4, -0.2) is 26.2 Å². The van der Waals surface area contributed by atoms with Crippen LogP contribution in [0.2, 0.25) is 0 Å². The van der Waals surface area contributed by atoms with Crippen molar-refractivity contribution in [3.8, 4) is 11.5 Å². The molecule has 4 rings (SSSR count). The van der Waals surface area contributed by atoms with E-state index < -0.39 is 0 Å². The molecule has 2 aromatic heterocycles. The number of carbonyl (C=O) groups excluding carboxylic acids is 1. The average molecular weight is 349 g/mol. The normalized spacial score (nSPS) is 12.4. The van der Waals surface area contributed by atoms with Crippen molar-refractivity contribution in [2.75, 3.05) is 0 Å². The van der Waals surface area contributed by atoms with Crippen LogP contribution in [0.15, 0.2) is 70.4 Å². The van der Waals surface area contributed by atoms with E-state index in [1.54, 1.807) is 0 Å². The first kappa shape index (κ1) is 15.7. The number of aromatic amines is 1. The van der Waals surface area contributed by atoms with Crippen LogP contribution in [0.3, 0.4) is 0 Å². The minimum absolute atomic E-state index is 0.0393. The lowest BCUT2D eigenvalue weighted by Gasteiger charge is -2.06. The number of thioether (sulfide) groups is 1. The quantitative estimate of drug-likeness (QED) is 0.422. The van der Waals surface area contributed by atoms with Gasteiger partial charge in [-0.05, 0) is 13.0 Å². The summed E-state index contributed by atoms with van der Waals surface area (Å²) in [6.45, 7) is 1.84. The van der Waals surface area contributed by atoms with Crippen molar-refractivity contribution in [3.63, 3.8) is 0 Å². The molecule has 0 spiro atoms. The number of nitrogens with one attached hydrogen (secondary N) is 1. The number of ketones is 1. The third-order valence-electron chi connectivity index (χ3n) is 3.93. The number of aromatic nitrogens is 3. The fourth-order valence-corrected chi connectivity index (χ4v) is 3.42. The number of H-pyrrole nitrogens is 1. The van der Waals surface area contributed by atoms with Crippen molar-refractivity contribution < 1.29 is 9.21 Å². The average Bonchev–Trinajstić information content (AvgIpc) is 3.28. The summed E-state index contributed by atoms with van der Waals surface area (Å²) < 4.78 is 5.76. The van der Waals surface area contributed by atoms with Gasteiger partial charge < -0.3 is 9.40 Å². The van der Waals surface area contributed by atoms with Gasteiger partial charge in [0.05, 0.1) is 10.8 Å². The molecule has 0 saturated carbocycles. The summed E-state index contributed by atoms with van der Waals surface area (Å²) in [6, 6.07) is 17.1. The number of benzene rings is 2. The van der Waals surface area contributed by atoms with Gasteiger partial charge in [0.1, 0.15) is 0 Å². The Morgan fingerprint density at radius 3 is 2.68 bits per heavy atom. The van der Waals surface area contributed by atoms with Crippen LogP contribution < -0.4 is 0 Å². The smallest absolute Gasteiger partial charge is 0.277 e. The topological polar surface area (TPSA) is 71.8 Å². The number of nitrogens with zero attached hydrogens (tertiary/aromatic N) is 2. The van der Waals surface area contributed by atoms with Crippen molar-refractivity contribution in [1.82, 2.24) is 15.2 Å². The molecular formula is C19H15N3O2S. The van der Waals surface area contributed by atoms with Gasteiger partial charge in [0.15, 0.2) is 5.78 Å². The second kappa shape index (κ2) is 6.57. The minimum Gasteiger partial charge on any atom is -0.411 e. The third-order valence-corrected chi connectivity index (χ3v) is 4.87. The van der Waals surface area contributed by atoms with Crippen molar-refractivity contribution in [1.29, 1.82) is 0 Å². The van der Waals surface area contributed by atoms with Crippen molar-refractivity contribution in [3.05, 3.63) is 66.4 Å². The molecule has 1 atom stereocenters. The van der Waals surface area contributed by atoms with Gasteiger partial charge >= 0.3 is 0 Å². The van der Waals surface area contributed by atoms with Gasteiger partial charge in [-0.2, -0.15) is 0 Å². The SMILES string of the molecule is C[C@@H](Sc1nnc(-c2c[nH]c3ccccc23)o1)C(=O)c1ccccc1. The Morgan fingerprint density at radius 2 is 1.84 bits per heavy atom. The number of hydrogen-bond donors (Lipinski definition) is 1. The number of fused-ring (bicyclic) bond motifs is 1. The summed E-state index contributed by atoms with van der Waals surface area (Å²) in [5.41, 5.74) is 2.55. The highest BCUT2D eigenvalue weighted by Crippen LogP contribution is 2.31. The Balaban J connectivity index is 1.54. The third kappa shape index (κ3) is 3.08. The van der Waals surface area contributed by atoms with Gasteiger partial charge in [0.2, 0.25) is 0 Å². The molecule has 0 amide bonds. The summed E-state index contributed by atoms with van der Waals surface area (Å²) in [5.74, 6) is 0.483. The summed E-state index contributed by atoms with van der Waals surface area (Å²) in [4.78, 5) is 15.6. The van der Waals surface area contributed by atoms with Crippen molar-refractivity contribution in [2.45, 2.75) is 17.4 Å². The maximum absolute atomic E-state index is 12.4. The molecule has 0 aliphatic rings. The number of Topliss-reactive ketones (excluding diaryl/α,β-unsaturated/α-hetero) is 1. The molecule has 2 aromatic carbocycles. The maximum Gasteiger partial charge on any atom is 0.277 e. The fourth-order valence-electron chi connectivity index (χ4n) is 2.66. The van der Waals surface area contributed by atoms with E-state index >= 15 is 0 Å². The second-order valence-corrected chi connectivity index (χ2v) is 6.90. The van der Waals surface area contributed by atoms with E-state index in [1.165, 1.54) is 11.8 Å². The zero-order chi connectivity index (χ0) is 17.2. The predicted molar refractivity (Wildman–Crippen MR) is 97.7 cm³/mol. The molecule has 0 aliphatic carbocycles. The molecule has 4 aromatic rings. The first-order valence-electron chi connectivity index (χ1n) is 7.88. The molecule has 1 N–H and O–H groups in total. The first-order chi connectivity index (χ1) is 12.2. The molecule has 0 unspecified atom stereocenters. The van der Waals surface area contributed by atoms with E-state index in [-0.39, 0.29) is 11.0 Å². The van der Waals surface area contributed by atoms with E-state index in [4.69, 9.17) is 4.42 Å². The van der Waals surface area contributed by atoms with Crippen LogP contribution in [0, 0.1) is 0 Å². The summed E-state index contributed by atoms with van der Waals surface area (Å²) in [5, 5.41) is 9.30. The van der Waals surface area contributed by atoms with Crippen LogP contribution >= 0.6 is 11.8 Å². The zero-order valence-corrected chi connectivity index (χ0v) is 14.3. The van der Waals surface area contributed by atoms with Gasteiger partial charge in [-0.1, -0.05) is 60.3 Å². The van der Waals surface area contributed by atoms with Gasteiger partial charge in [-0.15, -0.1) is 10.2 Å². The molecule has 25 heavy (non-hydrogen) atoms. The Labute approximate surface area is 148 Å². The van der Waals surface area contributed by atoms with Crippen LogP contribution in [0.25, 0.3) is 22.4 Å². The van der Waals surface area contributed by atoms with E-state index in [1.807, 2.05) is 67.7 Å². The van der Waals surface area contributed by atoms with Crippen LogP contribution in [0.5, 0.6) is 0 Å². The fraction of sp³-hybridized carbons (Fsp3) is 0.105. The van der Waals surface area contributed by atoms with Gasteiger partial charge in [0.25, 0.3) is 11.1 Å². The monoisotopic (exact) mass is 349 g/mol. The van der Waals surface area contributed by atoms with Crippen LogP contribution in [0.4, 0.5) is 0 Å². The molecule has 0 saturated heterocycles. The van der Waals surface area contributed by atoms with Crippen LogP contribution in [-0.2, 0) is 0 Å². The zero-order valence-electron chi connectivity index (χ0n) is 13.5. The lowest BCUT2D eigenvalue weighted by Crippen LogP contribution is -2.13. The molecule has 124 valence electrons. The summed E-state index contributed by atoms with van der Waals surface area (Å²) in [7, 11) is 0. The maximum atomic E-state index is 12.4. The molecule has 2 heterocycles. The van der Waals surface area contributed by atoms with Crippen LogP contribution in [0.1, 0.15) is 17.3 Å². The second-order valence-electron chi connectivity index (χ2n) is 5.61. The number of para-hydroxylation sites is 1. The largest absolute Gasteiger partial charge is 0.411 e. The van der Waals surface area contributed by atoms with Gasteiger partial charge in [0, 0.05) is 22.7 Å². The molecule has 0 fully saturated rings. The Kier molecular flexibility index (Phi) is 4.11. The molecule has 0 aliphatic heterocycles. The first-order valence-corrected chi connectivity index (χ1v) is 8.76. The predicted octanol–water partition coefficient (Wildman–Crippen LogP) is 4.58.